The molecule has 0 aliphatic carbocycles. The minimum atomic E-state index is -0.412. The SMILES string of the molecule is O=C(CSC1=NC(=Cc2ccccc2)C(=O)N1c1ccc(F)cc1)Nc1ccc2c(c1)OCCO2. The van der Waals surface area contributed by atoms with Crippen molar-refractivity contribution in [3.8, 4) is 11.5 Å². The molecule has 3 aromatic rings. The number of nitrogens with zero attached hydrogens (tertiary/aromatic N) is 2. The number of thioether (sulfide) groups is 1. The molecule has 0 saturated heterocycles. The van der Waals surface area contributed by atoms with Crippen molar-refractivity contribution in [1.82, 2.24) is 0 Å². The highest BCUT2D eigenvalue weighted by Gasteiger charge is 2.32. The molecule has 5 rings (SSSR count). The van der Waals surface area contributed by atoms with E-state index in [1.54, 1.807) is 24.3 Å². The van der Waals surface area contributed by atoms with Crippen LogP contribution in [0.25, 0.3) is 6.08 Å². The number of amides is 2. The average Bonchev–Trinajstić information content (AvgIpc) is 3.18. The van der Waals surface area contributed by atoms with Crippen LogP contribution in [0, 0.1) is 5.82 Å². The van der Waals surface area contributed by atoms with E-state index in [4.69, 9.17) is 9.47 Å². The summed E-state index contributed by atoms with van der Waals surface area (Å²) in [4.78, 5) is 31.7. The minimum Gasteiger partial charge on any atom is -0.486 e. The lowest BCUT2D eigenvalue weighted by molar-refractivity contribution is -0.114. The van der Waals surface area contributed by atoms with Crippen molar-refractivity contribution >= 4 is 46.2 Å². The molecule has 0 radical (unpaired) electrons. The third-order valence-corrected chi connectivity index (χ3v) is 6.11. The van der Waals surface area contributed by atoms with Crippen LogP contribution in [0.2, 0.25) is 0 Å². The third kappa shape index (κ3) is 5.20. The normalized spacial score (nSPS) is 15.8. The zero-order valence-corrected chi connectivity index (χ0v) is 19.3. The minimum absolute atomic E-state index is 0.0108. The number of carbonyl (C=O) groups excluding carboxylic acids is 2. The molecule has 1 N–H and O–H groups in total. The molecule has 2 aliphatic rings. The predicted octanol–water partition coefficient (Wildman–Crippen LogP) is 4.71. The molecule has 2 aliphatic heterocycles. The van der Waals surface area contributed by atoms with Crippen molar-refractivity contribution in [3.05, 3.63) is 89.9 Å². The van der Waals surface area contributed by atoms with Crippen LogP contribution in [-0.2, 0) is 9.59 Å². The zero-order chi connectivity index (χ0) is 24.2. The number of rotatable bonds is 5. The van der Waals surface area contributed by atoms with Crippen LogP contribution in [0.3, 0.4) is 0 Å². The van der Waals surface area contributed by atoms with Gasteiger partial charge in [0.1, 0.15) is 24.7 Å². The van der Waals surface area contributed by atoms with Crippen LogP contribution in [0.5, 0.6) is 11.5 Å². The van der Waals surface area contributed by atoms with Crippen molar-refractivity contribution in [2.24, 2.45) is 4.99 Å². The summed E-state index contributed by atoms with van der Waals surface area (Å²) in [5, 5.41) is 3.16. The van der Waals surface area contributed by atoms with Gasteiger partial charge in [0, 0.05) is 11.8 Å². The highest BCUT2D eigenvalue weighted by atomic mass is 32.2. The maximum Gasteiger partial charge on any atom is 0.283 e. The van der Waals surface area contributed by atoms with Crippen molar-refractivity contribution in [1.29, 1.82) is 0 Å². The van der Waals surface area contributed by atoms with E-state index in [0.717, 1.165) is 17.3 Å². The summed E-state index contributed by atoms with van der Waals surface area (Å²) in [6.07, 6.45) is 1.68. The van der Waals surface area contributed by atoms with Crippen LogP contribution in [-0.4, -0.2) is 35.9 Å². The first kappa shape index (κ1) is 22.7. The van der Waals surface area contributed by atoms with E-state index in [1.165, 1.54) is 29.2 Å². The Morgan fingerprint density at radius 2 is 1.77 bits per heavy atom. The second kappa shape index (κ2) is 10.0. The van der Waals surface area contributed by atoms with Crippen LogP contribution in [0.1, 0.15) is 5.56 Å². The van der Waals surface area contributed by atoms with E-state index in [9.17, 15) is 14.0 Å². The largest absolute Gasteiger partial charge is 0.486 e. The van der Waals surface area contributed by atoms with E-state index in [1.807, 2.05) is 30.3 Å². The molecule has 7 nitrogen and oxygen atoms in total. The number of anilines is 2. The van der Waals surface area contributed by atoms with E-state index in [-0.39, 0.29) is 23.3 Å². The number of carbonyl (C=O) groups is 2. The van der Waals surface area contributed by atoms with Crippen LogP contribution >= 0.6 is 11.8 Å². The van der Waals surface area contributed by atoms with Crippen molar-refractivity contribution in [2.75, 3.05) is 29.2 Å². The second-order valence-electron chi connectivity index (χ2n) is 7.65. The number of nitrogens with one attached hydrogen (secondary N) is 1. The van der Waals surface area contributed by atoms with Gasteiger partial charge in [0.15, 0.2) is 16.7 Å². The predicted molar refractivity (Wildman–Crippen MR) is 134 cm³/mol. The molecule has 0 aromatic heterocycles. The number of halogens is 1. The molecule has 0 spiro atoms. The number of ether oxygens (including phenoxy) is 2. The van der Waals surface area contributed by atoms with Gasteiger partial charge in [-0.1, -0.05) is 42.1 Å². The van der Waals surface area contributed by atoms with E-state index in [0.29, 0.717) is 41.3 Å². The molecule has 2 heterocycles. The molecule has 176 valence electrons. The van der Waals surface area contributed by atoms with Gasteiger partial charge in [0.2, 0.25) is 5.91 Å². The molecular formula is C26H20FN3O4S. The molecule has 0 atom stereocenters. The van der Waals surface area contributed by atoms with E-state index in [2.05, 4.69) is 10.3 Å². The summed E-state index contributed by atoms with van der Waals surface area (Å²) in [5.74, 6) is 0.180. The van der Waals surface area contributed by atoms with Gasteiger partial charge < -0.3 is 14.8 Å². The van der Waals surface area contributed by atoms with Gasteiger partial charge in [0.05, 0.1) is 11.4 Å². The first-order valence-corrected chi connectivity index (χ1v) is 11.8. The molecular weight excluding hydrogens is 469 g/mol. The van der Waals surface area contributed by atoms with Gasteiger partial charge >= 0.3 is 0 Å². The van der Waals surface area contributed by atoms with Crippen molar-refractivity contribution in [3.63, 3.8) is 0 Å². The van der Waals surface area contributed by atoms with Crippen LogP contribution in [0.15, 0.2) is 83.5 Å². The lowest BCUT2D eigenvalue weighted by Crippen LogP contribution is -2.31. The number of fused-ring (bicyclic) bond motifs is 1. The maximum atomic E-state index is 13.5. The Bertz CT molecular complexity index is 1330. The van der Waals surface area contributed by atoms with Crippen molar-refractivity contribution in [2.45, 2.75) is 0 Å². The van der Waals surface area contributed by atoms with Crippen molar-refractivity contribution < 1.29 is 23.5 Å². The fourth-order valence-corrected chi connectivity index (χ4v) is 4.38. The Morgan fingerprint density at radius 3 is 2.54 bits per heavy atom. The fourth-order valence-electron chi connectivity index (χ4n) is 3.57. The van der Waals surface area contributed by atoms with Gasteiger partial charge in [-0.25, -0.2) is 9.38 Å². The van der Waals surface area contributed by atoms with Gasteiger partial charge in [0.25, 0.3) is 5.91 Å². The Hall–Kier alpha value is -4.11. The topological polar surface area (TPSA) is 80.2 Å². The molecule has 35 heavy (non-hydrogen) atoms. The van der Waals surface area contributed by atoms with Gasteiger partial charge in [-0.15, -0.1) is 0 Å². The summed E-state index contributed by atoms with van der Waals surface area (Å²) >= 11 is 1.12. The fraction of sp³-hybridized carbons (Fsp3) is 0.115. The molecule has 0 saturated carbocycles. The Morgan fingerprint density at radius 1 is 1.03 bits per heavy atom. The second-order valence-corrected chi connectivity index (χ2v) is 8.59. The average molecular weight is 490 g/mol. The molecule has 9 heteroatoms. The van der Waals surface area contributed by atoms with E-state index >= 15 is 0 Å². The van der Waals surface area contributed by atoms with Crippen LogP contribution < -0.4 is 19.7 Å². The Kier molecular flexibility index (Phi) is 6.49. The summed E-state index contributed by atoms with van der Waals surface area (Å²) in [5.41, 5.74) is 2.09. The molecule has 2 amide bonds. The number of benzene rings is 3. The lowest BCUT2D eigenvalue weighted by atomic mass is 10.2. The van der Waals surface area contributed by atoms with Gasteiger partial charge in [-0.05, 0) is 48.0 Å². The lowest BCUT2D eigenvalue weighted by Gasteiger charge is -2.19. The maximum absolute atomic E-state index is 13.5. The zero-order valence-electron chi connectivity index (χ0n) is 18.4. The highest BCUT2D eigenvalue weighted by Crippen LogP contribution is 2.33. The Balaban J connectivity index is 1.33. The molecule has 0 bridgehead atoms. The number of amidine groups is 1. The standard InChI is InChI=1S/C26H20FN3O4S/c27-18-6-9-20(10-7-18)30-25(32)21(14-17-4-2-1-3-5-17)29-26(30)35-16-24(31)28-19-8-11-22-23(15-19)34-13-12-33-22/h1-11,14-15H,12-13,16H2,(H,28,31). The first-order valence-electron chi connectivity index (χ1n) is 10.8. The summed E-state index contributed by atoms with van der Waals surface area (Å²) in [7, 11) is 0. The summed E-state index contributed by atoms with van der Waals surface area (Å²) in [6, 6.07) is 20.1. The monoisotopic (exact) mass is 489 g/mol. The first-order chi connectivity index (χ1) is 17.1. The quantitative estimate of drug-likeness (QED) is 0.525. The van der Waals surface area contributed by atoms with Gasteiger partial charge in [-0.3, -0.25) is 14.5 Å². The Labute approximate surface area is 205 Å². The number of hydrogen-bond donors (Lipinski definition) is 1. The molecule has 3 aromatic carbocycles. The van der Waals surface area contributed by atoms with Crippen LogP contribution in [0.4, 0.5) is 15.8 Å². The molecule has 0 unspecified atom stereocenters. The highest BCUT2D eigenvalue weighted by molar-refractivity contribution is 8.14. The molecule has 0 fully saturated rings. The summed E-state index contributed by atoms with van der Waals surface area (Å²) < 4.78 is 24.5. The number of hydrogen-bond acceptors (Lipinski definition) is 6. The summed E-state index contributed by atoms with van der Waals surface area (Å²) in [6.45, 7) is 0.938. The third-order valence-electron chi connectivity index (χ3n) is 5.18. The van der Waals surface area contributed by atoms with Gasteiger partial charge in [-0.2, -0.15) is 0 Å². The number of aliphatic imine (C=N–C) groups is 1. The van der Waals surface area contributed by atoms with E-state index < -0.39 is 5.82 Å². The smallest absolute Gasteiger partial charge is 0.283 e.